The smallest absolute Gasteiger partial charge is 0.0897 e. The van der Waals surface area contributed by atoms with E-state index < -0.39 is 6.10 Å². The van der Waals surface area contributed by atoms with Gasteiger partial charge in [-0.25, -0.2) is 0 Å². The third-order valence-corrected chi connectivity index (χ3v) is 3.45. The van der Waals surface area contributed by atoms with Crippen molar-refractivity contribution in [3.63, 3.8) is 0 Å². The molecule has 0 saturated carbocycles. The van der Waals surface area contributed by atoms with Gasteiger partial charge < -0.3 is 24.6 Å². The molecule has 1 heterocycles. The molecule has 0 aromatic carbocycles. The van der Waals surface area contributed by atoms with Gasteiger partial charge in [-0.1, -0.05) is 13.3 Å². The topological polar surface area (TPSA) is 60.0 Å². The first-order valence-corrected chi connectivity index (χ1v) is 7.91. The quantitative estimate of drug-likeness (QED) is 0.562. The number of ether oxygens (including phenoxy) is 3. The summed E-state index contributed by atoms with van der Waals surface area (Å²) < 4.78 is 16.3. The standard InChI is InChI=1S/C15H31NO4/c1-3-4-6-18-8-9-19-12-15(17)11-16-14-5-7-20-13(2)10-14/h13-17H,3-12H2,1-2H3. The van der Waals surface area contributed by atoms with E-state index in [-0.39, 0.29) is 0 Å². The molecule has 20 heavy (non-hydrogen) atoms. The summed E-state index contributed by atoms with van der Waals surface area (Å²) in [6, 6.07) is 0.450. The third-order valence-electron chi connectivity index (χ3n) is 3.45. The minimum Gasteiger partial charge on any atom is -0.389 e. The van der Waals surface area contributed by atoms with Crippen LogP contribution in [0.5, 0.6) is 0 Å². The highest BCUT2D eigenvalue weighted by molar-refractivity contribution is 4.75. The van der Waals surface area contributed by atoms with E-state index in [1.165, 1.54) is 0 Å². The van der Waals surface area contributed by atoms with Gasteiger partial charge in [-0.05, 0) is 26.2 Å². The second-order valence-corrected chi connectivity index (χ2v) is 5.51. The molecule has 0 aliphatic carbocycles. The van der Waals surface area contributed by atoms with Crippen LogP contribution in [0.3, 0.4) is 0 Å². The van der Waals surface area contributed by atoms with Gasteiger partial charge in [0.2, 0.25) is 0 Å². The van der Waals surface area contributed by atoms with E-state index in [9.17, 15) is 5.11 Å². The van der Waals surface area contributed by atoms with Crippen molar-refractivity contribution in [1.29, 1.82) is 0 Å². The molecule has 3 atom stereocenters. The summed E-state index contributed by atoms with van der Waals surface area (Å²) >= 11 is 0. The van der Waals surface area contributed by atoms with Crippen LogP contribution in [0.4, 0.5) is 0 Å². The molecule has 0 amide bonds. The van der Waals surface area contributed by atoms with Crippen LogP contribution in [-0.2, 0) is 14.2 Å². The van der Waals surface area contributed by atoms with Gasteiger partial charge in [0.25, 0.3) is 0 Å². The van der Waals surface area contributed by atoms with Gasteiger partial charge in [-0.15, -0.1) is 0 Å². The van der Waals surface area contributed by atoms with E-state index in [1.54, 1.807) is 0 Å². The number of nitrogens with one attached hydrogen (secondary N) is 1. The van der Waals surface area contributed by atoms with Crippen molar-refractivity contribution < 1.29 is 19.3 Å². The zero-order valence-corrected chi connectivity index (χ0v) is 13.0. The van der Waals surface area contributed by atoms with Crippen LogP contribution in [0.25, 0.3) is 0 Å². The van der Waals surface area contributed by atoms with Gasteiger partial charge in [-0.2, -0.15) is 0 Å². The third kappa shape index (κ3) is 8.87. The first-order valence-electron chi connectivity index (χ1n) is 7.91. The monoisotopic (exact) mass is 289 g/mol. The number of unbranched alkanes of at least 4 members (excludes halogenated alkanes) is 1. The summed E-state index contributed by atoms with van der Waals surface area (Å²) in [6.07, 6.45) is 4.13. The Bertz CT molecular complexity index is 228. The lowest BCUT2D eigenvalue weighted by Crippen LogP contribution is -2.42. The van der Waals surface area contributed by atoms with Crippen molar-refractivity contribution in [3.8, 4) is 0 Å². The van der Waals surface area contributed by atoms with Crippen LogP contribution in [0.1, 0.15) is 39.5 Å². The van der Waals surface area contributed by atoms with Crippen LogP contribution >= 0.6 is 0 Å². The minimum absolute atomic E-state index is 0.315. The molecule has 120 valence electrons. The predicted molar refractivity (Wildman–Crippen MR) is 79.0 cm³/mol. The lowest BCUT2D eigenvalue weighted by molar-refractivity contribution is -0.00570. The zero-order valence-electron chi connectivity index (χ0n) is 13.0. The second-order valence-electron chi connectivity index (χ2n) is 5.51. The summed E-state index contributed by atoms with van der Waals surface area (Å²) in [5.74, 6) is 0. The van der Waals surface area contributed by atoms with E-state index in [1.807, 2.05) is 0 Å². The van der Waals surface area contributed by atoms with Crippen molar-refractivity contribution in [2.75, 3.05) is 39.6 Å². The summed E-state index contributed by atoms with van der Waals surface area (Å²) in [5.41, 5.74) is 0. The Hall–Kier alpha value is -0.200. The average Bonchev–Trinajstić information content (AvgIpc) is 2.44. The molecule has 0 radical (unpaired) electrons. The maximum Gasteiger partial charge on any atom is 0.0897 e. The molecule has 1 aliphatic rings. The lowest BCUT2D eigenvalue weighted by atomic mass is 10.0. The highest BCUT2D eigenvalue weighted by Gasteiger charge is 2.19. The normalized spacial score (nSPS) is 24.8. The highest BCUT2D eigenvalue weighted by Crippen LogP contribution is 2.12. The predicted octanol–water partition coefficient (Wildman–Crippen LogP) is 1.34. The molecule has 5 heteroatoms. The fourth-order valence-corrected chi connectivity index (χ4v) is 2.23. The molecule has 3 unspecified atom stereocenters. The average molecular weight is 289 g/mol. The zero-order chi connectivity index (χ0) is 14.6. The molecular formula is C15H31NO4. The maximum absolute atomic E-state index is 9.83. The van der Waals surface area contributed by atoms with Gasteiger partial charge in [0, 0.05) is 25.8 Å². The number of aliphatic hydroxyl groups excluding tert-OH is 1. The van der Waals surface area contributed by atoms with E-state index in [2.05, 4.69) is 19.2 Å². The first kappa shape index (κ1) is 17.9. The van der Waals surface area contributed by atoms with Crippen molar-refractivity contribution in [1.82, 2.24) is 5.32 Å². The summed E-state index contributed by atoms with van der Waals surface area (Å²) in [4.78, 5) is 0. The molecular weight excluding hydrogens is 258 g/mol. The number of hydrogen-bond acceptors (Lipinski definition) is 5. The Morgan fingerprint density at radius 2 is 2.10 bits per heavy atom. The molecule has 1 fully saturated rings. The van der Waals surface area contributed by atoms with E-state index in [0.717, 1.165) is 38.9 Å². The summed E-state index contributed by atoms with van der Waals surface area (Å²) in [5, 5.41) is 13.2. The minimum atomic E-state index is -0.455. The summed E-state index contributed by atoms with van der Waals surface area (Å²) in [6.45, 7) is 7.93. The Kier molecular flexibility index (Phi) is 10.2. The van der Waals surface area contributed by atoms with E-state index >= 15 is 0 Å². The Balaban J connectivity index is 1.91. The molecule has 2 N–H and O–H groups in total. The van der Waals surface area contributed by atoms with Gasteiger partial charge in [0.1, 0.15) is 0 Å². The molecule has 0 bridgehead atoms. The Labute approximate surface area is 123 Å². The number of rotatable bonds is 11. The highest BCUT2D eigenvalue weighted by atomic mass is 16.5. The van der Waals surface area contributed by atoms with Crippen molar-refractivity contribution in [3.05, 3.63) is 0 Å². The van der Waals surface area contributed by atoms with Crippen molar-refractivity contribution in [2.45, 2.75) is 57.8 Å². The van der Waals surface area contributed by atoms with Gasteiger partial charge >= 0.3 is 0 Å². The number of aliphatic hydroxyl groups is 1. The summed E-state index contributed by atoms with van der Waals surface area (Å²) in [7, 11) is 0. The maximum atomic E-state index is 9.83. The Morgan fingerprint density at radius 1 is 1.30 bits per heavy atom. The largest absolute Gasteiger partial charge is 0.389 e. The van der Waals surface area contributed by atoms with Crippen molar-refractivity contribution >= 4 is 0 Å². The van der Waals surface area contributed by atoms with Crippen LogP contribution in [0, 0.1) is 0 Å². The molecule has 0 spiro atoms. The van der Waals surface area contributed by atoms with Gasteiger partial charge in [0.05, 0.1) is 32.0 Å². The fourth-order valence-electron chi connectivity index (χ4n) is 2.23. The molecule has 5 nitrogen and oxygen atoms in total. The molecule has 1 aliphatic heterocycles. The number of hydrogen-bond donors (Lipinski definition) is 2. The van der Waals surface area contributed by atoms with Crippen LogP contribution in [0.15, 0.2) is 0 Å². The lowest BCUT2D eigenvalue weighted by Gasteiger charge is -2.28. The second kappa shape index (κ2) is 11.5. The van der Waals surface area contributed by atoms with E-state index in [0.29, 0.717) is 38.5 Å². The van der Waals surface area contributed by atoms with Crippen LogP contribution in [-0.4, -0.2) is 62.9 Å². The first-order chi connectivity index (χ1) is 9.72. The molecule has 1 rings (SSSR count). The molecule has 0 aromatic rings. The fraction of sp³-hybridized carbons (Fsp3) is 1.00. The van der Waals surface area contributed by atoms with Crippen LogP contribution < -0.4 is 5.32 Å². The SMILES string of the molecule is CCCCOCCOCC(O)CNC1CCOC(C)C1. The van der Waals surface area contributed by atoms with Crippen molar-refractivity contribution in [2.24, 2.45) is 0 Å². The molecule has 0 aromatic heterocycles. The van der Waals surface area contributed by atoms with Crippen LogP contribution in [0.2, 0.25) is 0 Å². The van der Waals surface area contributed by atoms with Gasteiger partial charge in [0.15, 0.2) is 0 Å². The van der Waals surface area contributed by atoms with E-state index in [4.69, 9.17) is 14.2 Å². The van der Waals surface area contributed by atoms with Gasteiger partial charge in [-0.3, -0.25) is 0 Å². The molecule has 1 saturated heterocycles. The Morgan fingerprint density at radius 3 is 2.85 bits per heavy atom.